The minimum atomic E-state index is 0.258. The van der Waals surface area contributed by atoms with Gasteiger partial charge in [0.2, 0.25) is 0 Å². The van der Waals surface area contributed by atoms with Crippen LogP contribution in [0.25, 0.3) is 0 Å². The molecule has 1 rings (SSSR count). The first-order chi connectivity index (χ1) is 5.25. The molecule has 1 atom stereocenters. The standard InChI is InChI=1S/C10H16O/c1-4-8(2)10-9(3)6-5-7-11-10/h4,6,10H,5,7H2,1-3H3/b8-4+. The highest BCUT2D eigenvalue weighted by molar-refractivity contribution is 5.21. The van der Waals surface area contributed by atoms with Crippen molar-refractivity contribution >= 4 is 0 Å². The molecule has 0 aromatic heterocycles. The van der Waals surface area contributed by atoms with Crippen LogP contribution < -0.4 is 0 Å². The fourth-order valence-electron chi connectivity index (χ4n) is 1.35. The molecule has 0 saturated carbocycles. The second-order valence-corrected chi connectivity index (χ2v) is 3.02. The number of hydrogen-bond acceptors (Lipinski definition) is 1. The summed E-state index contributed by atoms with van der Waals surface area (Å²) in [7, 11) is 0. The van der Waals surface area contributed by atoms with Gasteiger partial charge in [-0.05, 0) is 38.3 Å². The van der Waals surface area contributed by atoms with Gasteiger partial charge in [-0.1, -0.05) is 12.2 Å². The summed E-state index contributed by atoms with van der Waals surface area (Å²) in [6.07, 6.45) is 5.71. The first kappa shape index (κ1) is 8.54. The van der Waals surface area contributed by atoms with Crippen molar-refractivity contribution in [2.75, 3.05) is 6.61 Å². The van der Waals surface area contributed by atoms with E-state index in [-0.39, 0.29) is 6.10 Å². The van der Waals surface area contributed by atoms with Crippen molar-refractivity contribution in [1.82, 2.24) is 0 Å². The van der Waals surface area contributed by atoms with Crippen LogP contribution in [0, 0.1) is 0 Å². The van der Waals surface area contributed by atoms with Gasteiger partial charge in [-0.25, -0.2) is 0 Å². The van der Waals surface area contributed by atoms with Gasteiger partial charge in [0.15, 0.2) is 0 Å². The molecule has 0 N–H and O–H groups in total. The molecular weight excluding hydrogens is 136 g/mol. The van der Waals surface area contributed by atoms with Gasteiger partial charge >= 0.3 is 0 Å². The van der Waals surface area contributed by atoms with Crippen molar-refractivity contribution in [3.63, 3.8) is 0 Å². The predicted octanol–water partition coefficient (Wildman–Crippen LogP) is 2.69. The first-order valence-electron chi connectivity index (χ1n) is 4.16. The maximum atomic E-state index is 5.61. The van der Waals surface area contributed by atoms with Crippen molar-refractivity contribution in [2.45, 2.75) is 33.3 Å². The predicted molar refractivity (Wildman–Crippen MR) is 47.5 cm³/mol. The Hall–Kier alpha value is -0.560. The second kappa shape index (κ2) is 3.72. The minimum absolute atomic E-state index is 0.258. The van der Waals surface area contributed by atoms with E-state index in [0.717, 1.165) is 13.0 Å². The summed E-state index contributed by atoms with van der Waals surface area (Å²) in [5, 5.41) is 0. The molecule has 1 aliphatic rings. The quantitative estimate of drug-likeness (QED) is 0.525. The Kier molecular flexibility index (Phi) is 2.89. The summed E-state index contributed by atoms with van der Waals surface area (Å²) in [6.45, 7) is 7.18. The zero-order valence-electron chi connectivity index (χ0n) is 7.55. The van der Waals surface area contributed by atoms with Gasteiger partial charge in [0, 0.05) is 0 Å². The third kappa shape index (κ3) is 1.93. The fourth-order valence-corrected chi connectivity index (χ4v) is 1.35. The molecule has 0 fully saturated rings. The van der Waals surface area contributed by atoms with E-state index < -0.39 is 0 Å². The minimum Gasteiger partial charge on any atom is -0.369 e. The van der Waals surface area contributed by atoms with E-state index >= 15 is 0 Å². The van der Waals surface area contributed by atoms with Crippen LogP contribution in [0.3, 0.4) is 0 Å². The van der Waals surface area contributed by atoms with Gasteiger partial charge in [0.05, 0.1) is 12.7 Å². The summed E-state index contributed by atoms with van der Waals surface area (Å²) in [5.41, 5.74) is 2.67. The molecule has 1 unspecified atom stereocenters. The second-order valence-electron chi connectivity index (χ2n) is 3.02. The SMILES string of the molecule is C/C=C(\C)C1OCCC=C1C. The molecule has 0 radical (unpaired) electrons. The lowest BCUT2D eigenvalue weighted by Gasteiger charge is -2.23. The molecular formula is C10H16O. The monoisotopic (exact) mass is 152 g/mol. The summed E-state index contributed by atoms with van der Waals surface area (Å²) in [5.74, 6) is 0. The highest BCUT2D eigenvalue weighted by atomic mass is 16.5. The lowest BCUT2D eigenvalue weighted by molar-refractivity contribution is 0.0940. The highest BCUT2D eigenvalue weighted by Gasteiger charge is 2.15. The lowest BCUT2D eigenvalue weighted by atomic mass is 10.0. The molecule has 0 bridgehead atoms. The molecule has 1 heterocycles. The molecule has 1 nitrogen and oxygen atoms in total. The Morgan fingerprint density at radius 2 is 2.45 bits per heavy atom. The van der Waals surface area contributed by atoms with Crippen LogP contribution in [0.5, 0.6) is 0 Å². The van der Waals surface area contributed by atoms with Gasteiger partial charge in [-0.2, -0.15) is 0 Å². The Balaban J connectivity index is 2.71. The van der Waals surface area contributed by atoms with Crippen LogP contribution >= 0.6 is 0 Å². The van der Waals surface area contributed by atoms with Crippen molar-refractivity contribution in [3.8, 4) is 0 Å². The van der Waals surface area contributed by atoms with Gasteiger partial charge in [0.25, 0.3) is 0 Å². The highest BCUT2D eigenvalue weighted by Crippen LogP contribution is 2.19. The van der Waals surface area contributed by atoms with Gasteiger partial charge < -0.3 is 4.74 Å². The normalized spacial score (nSPS) is 26.6. The van der Waals surface area contributed by atoms with Crippen LogP contribution in [0.15, 0.2) is 23.3 Å². The fraction of sp³-hybridized carbons (Fsp3) is 0.600. The molecule has 0 aliphatic carbocycles. The molecule has 0 amide bonds. The maximum Gasteiger partial charge on any atom is 0.0990 e. The van der Waals surface area contributed by atoms with E-state index in [4.69, 9.17) is 4.74 Å². The van der Waals surface area contributed by atoms with Crippen LogP contribution in [0.2, 0.25) is 0 Å². The van der Waals surface area contributed by atoms with Gasteiger partial charge in [-0.3, -0.25) is 0 Å². The number of hydrogen-bond donors (Lipinski definition) is 0. The average molecular weight is 152 g/mol. The summed E-state index contributed by atoms with van der Waals surface area (Å²) < 4.78 is 5.61. The third-order valence-corrected chi connectivity index (χ3v) is 2.15. The topological polar surface area (TPSA) is 9.23 Å². The van der Waals surface area contributed by atoms with E-state index in [9.17, 15) is 0 Å². The van der Waals surface area contributed by atoms with Gasteiger partial charge in [-0.15, -0.1) is 0 Å². The molecule has 11 heavy (non-hydrogen) atoms. The largest absolute Gasteiger partial charge is 0.369 e. The van der Waals surface area contributed by atoms with Crippen LogP contribution in [0.1, 0.15) is 27.2 Å². The smallest absolute Gasteiger partial charge is 0.0990 e. The zero-order valence-corrected chi connectivity index (χ0v) is 7.55. The van der Waals surface area contributed by atoms with E-state index in [1.807, 2.05) is 0 Å². The Labute approximate surface area is 68.8 Å². The Morgan fingerprint density at radius 1 is 1.73 bits per heavy atom. The molecule has 0 aromatic carbocycles. The number of ether oxygens (including phenoxy) is 1. The summed E-state index contributed by atoms with van der Waals surface area (Å²) >= 11 is 0. The summed E-state index contributed by atoms with van der Waals surface area (Å²) in [4.78, 5) is 0. The zero-order chi connectivity index (χ0) is 8.27. The lowest BCUT2D eigenvalue weighted by Crippen LogP contribution is -2.20. The molecule has 62 valence electrons. The molecule has 0 spiro atoms. The molecule has 1 aliphatic heterocycles. The van der Waals surface area contributed by atoms with E-state index in [1.54, 1.807) is 0 Å². The number of rotatable bonds is 1. The van der Waals surface area contributed by atoms with Crippen LogP contribution in [-0.4, -0.2) is 12.7 Å². The maximum absolute atomic E-state index is 5.61. The van der Waals surface area contributed by atoms with E-state index in [1.165, 1.54) is 11.1 Å². The third-order valence-electron chi connectivity index (χ3n) is 2.15. The van der Waals surface area contributed by atoms with Gasteiger partial charge in [0.1, 0.15) is 0 Å². The van der Waals surface area contributed by atoms with E-state index in [2.05, 4.69) is 32.9 Å². The van der Waals surface area contributed by atoms with Crippen molar-refractivity contribution in [1.29, 1.82) is 0 Å². The first-order valence-corrected chi connectivity index (χ1v) is 4.16. The Morgan fingerprint density at radius 3 is 3.00 bits per heavy atom. The molecule has 0 saturated heterocycles. The van der Waals surface area contributed by atoms with Crippen molar-refractivity contribution in [3.05, 3.63) is 23.3 Å². The number of allylic oxidation sites excluding steroid dienone is 1. The summed E-state index contributed by atoms with van der Waals surface area (Å²) in [6, 6.07) is 0. The molecule has 1 heteroatoms. The van der Waals surface area contributed by atoms with Crippen molar-refractivity contribution in [2.24, 2.45) is 0 Å². The molecule has 0 aromatic rings. The van der Waals surface area contributed by atoms with Crippen LogP contribution in [0.4, 0.5) is 0 Å². The van der Waals surface area contributed by atoms with Crippen molar-refractivity contribution < 1.29 is 4.74 Å². The van der Waals surface area contributed by atoms with Crippen LogP contribution in [-0.2, 0) is 4.74 Å². The average Bonchev–Trinajstić information content (AvgIpc) is 2.04. The Bertz CT molecular complexity index is 189. The van der Waals surface area contributed by atoms with E-state index in [0.29, 0.717) is 0 Å².